The van der Waals surface area contributed by atoms with Crippen LogP contribution in [0.1, 0.15) is 72.1 Å². The van der Waals surface area contributed by atoms with Gasteiger partial charge < -0.3 is 10.6 Å². The molecule has 1 saturated carbocycles. The molecule has 0 amide bonds. The van der Waals surface area contributed by atoms with Crippen LogP contribution in [0.25, 0.3) is 0 Å². The summed E-state index contributed by atoms with van der Waals surface area (Å²) in [5.41, 5.74) is -0.388. The number of piperidine rings is 1. The van der Waals surface area contributed by atoms with Gasteiger partial charge in [0.05, 0.1) is 12.8 Å². The summed E-state index contributed by atoms with van der Waals surface area (Å²) in [6, 6.07) is 0. The summed E-state index contributed by atoms with van der Waals surface area (Å²) in [5, 5.41) is 6.90. The highest BCUT2D eigenvalue weighted by atomic mass is 32.2. The van der Waals surface area contributed by atoms with Gasteiger partial charge >= 0.3 is 0 Å². The topological polar surface area (TPSA) is 85.8 Å². The quantitative estimate of drug-likeness (QED) is 0.417. The van der Waals surface area contributed by atoms with Gasteiger partial charge in [-0.05, 0) is 59.5 Å². The van der Waals surface area contributed by atoms with Gasteiger partial charge in [-0.3, -0.25) is 9.89 Å². The molecule has 0 radical (unpaired) electrons. The van der Waals surface area contributed by atoms with Gasteiger partial charge in [-0.15, -0.1) is 0 Å². The molecule has 2 rings (SSSR count). The number of guanidine groups is 1. The summed E-state index contributed by atoms with van der Waals surface area (Å²) in [5.74, 6) is 0.771. The fraction of sp³-hybridized carbons (Fsp3) is 0.950. The summed E-state index contributed by atoms with van der Waals surface area (Å²) in [6.45, 7) is 10.3. The second-order valence-electron chi connectivity index (χ2n) is 9.14. The first-order valence-corrected chi connectivity index (χ1v) is 12.8. The van der Waals surface area contributed by atoms with Crippen LogP contribution in [0.15, 0.2) is 4.99 Å². The lowest BCUT2D eigenvalue weighted by molar-refractivity contribution is 0.0368. The molecule has 0 unspecified atom stereocenters. The molecule has 2 aliphatic rings. The molecule has 0 bridgehead atoms. The first-order chi connectivity index (χ1) is 13.2. The highest BCUT2D eigenvalue weighted by Crippen LogP contribution is 2.35. The van der Waals surface area contributed by atoms with Gasteiger partial charge in [0.1, 0.15) is 0 Å². The van der Waals surface area contributed by atoms with Crippen molar-refractivity contribution in [2.24, 2.45) is 4.99 Å². The molecule has 8 heteroatoms. The zero-order chi connectivity index (χ0) is 20.7. The molecule has 164 valence electrons. The molecule has 28 heavy (non-hydrogen) atoms. The number of likely N-dealkylation sites (tertiary alicyclic amines) is 1. The first-order valence-electron chi connectivity index (χ1n) is 10.9. The van der Waals surface area contributed by atoms with E-state index in [0.29, 0.717) is 6.54 Å². The Morgan fingerprint density at radius 1 is 1.04 bits per heavy atom. The van der Waals surface area contributed by atoms with Crippen molar-refractivity contribution in [1.29, 1.82) is 0 Å². The average molecular weight is 416 g/mol. The summed E-state index contributed by atoms with van der Waals surface area (Å²) in [4.78, 5) is 7.40. The molecule has 0 aromatic rings. The standard InChI is InChI=1S/C20H41N5O2S/c1-5-21-18(22-16-19(2,3)24-28(4,26)27)23-17-20(12-8-6-9-13-20)25-14-10-7-11-15-25/h24H,5-17H2,1-4H3,(H2,21,22,23). The Balaban J connectivity index is 2.04. The molecule has 2 fully saturated rings. The molecule has 0 atom stereocenters. The van der Waals surface area contributed by atoms with Crippen LogP contribution in [0.3, 0.4) is 0 Å². The zero-order valence-electron chi connectivity index (χ0n) is 18.3. The van der Waals surface area contributed by atoms with E-state index in [4.69, 9.17) is 0 Å². The van der Waals surface area contributed by atoms with E-state index in [1.54, 1.807) is 0 Å². The van der Waals surface area contributed by atoms with E-state index in [9.17, 15) is 8.42 Å². The maximum absolute atomic E-state index is 11.6. The Labute approximate surface area is 172 Å². The maximum atomic E-state index is 11.6. The molecule has 0 aromatic heterocycles. The van der Waals surface area contributed by atoms with Gasteiger partial charge in [-0.2, -0.15) is 0 Å². The number of sulfonamides is 1. The van der Waals surface area contributed by atoms with E-state index >= 15 is 0 Å². The highest BCUT2D eigenvalue weighted by molar-refractivity contribution is 7.88. The Morgan fingerprint density at radius 2 is 1.64 bits per heavy atom. The number of nitrogens with zero attached hydrogens (tertiary/aromatic N) is 2. The van der Waals surface area contributed by atoms with Crippen molar-refractivity contribution >= 4 is 16.0 Å². The number of rotatable bonds is 8. The van der Waals surface area contributed by atoms with Crippen LogP contribution in [0.5, 0.6) is 0 Å². The summed E-state index contributed by atoms with van der Waals surface area (Å²) >= 11 is 0. The number of nitrogens with one attached hydrogen (secondary N) is 3. The van der Waals surface area contributed by atoms with Gasteiger partial charge in [0.15, 0.2) is 5.96 Å². The molecule has 0 spiro atoms. The summed E-state index contributed by atoms with van der Waals surface area (Å²) in [7, 11) is -3.26. The molecular weight excluding hydrogens is 374 g/mol. The number of hydrogen-bond donors (Lipinski definition) is 3. The molecule has 1 aliphatic heterocycles. The van der Waals surface area contributed by atoms with Crippen LogP contribution in [0.2, 0.25) is 0 Å². The van der Waals surface area contributed by atoms with E-state index in [2.05, 4.69) is 32.2 Å². The van der Waals surface area contributed by atoms with Gasteiger partial charge in [-0.1, -0.05) is 25.7 Å². The van der Waals surface area contributed by atoms with Crippen LogP contribution in [-0.4, -0.2) is 69.3 Å². The van der Waals surface area contributed by atoms with Crippen molar-refractivity contribution in [3.8, 4) is 0 Å². The fourth-order valence-corrected chi connectivity index (χ4v) is 5.65. The highest BCUT2D eigenvalue weighted by Gasteiger charge is 2.38. The van der Waals surface area contributed by atoms with Crippen molar-refractivity contribution in [3.63, 3.8) is 0 Å². The zero-order valence-corrected chi connectivity index (χ0v) is 19.1. The second kappa shape index (κ2) is 10.3. The SMILES string of the molecule is CCNC(=NCC(C)(C)NS(C)(=O)=O)NCC1(N2CCCCC2)CCCCC1. The van der Waals surface area contributed by atoms with E-state index in [0.717, 1.165) is 19.0 Å². The first kappa shape index (κ1) is 23.4. The summed E-state index contributed by atoms with van der Waals surface area (Å²) in [6.07, 6.45) is 11.6. The molecule has 1 aliphatic carbocycles. The minimum atomic E-state index is -3.26. The van der Waals surface area contributed by atoms with E-state index in [1.165, 1.54) is 70.7 Å². The monoisotopic (exact) mass is 415 g/mol. The van der Waals surface area contributed by atoms with Crippen molar-refractivity contribution < 1.29 is 8.42 Å². The fourth-order valence-electron chi connectivity index (χ4n) is 4.58. The third kappa shape index (κ3) is 7.52. The lowest BCUT2D eigenvalue weighted by Gasteiger charge is -2.48. The average Bonchev–Trinajstić information content (AvgIpc) is 2.64. The van der Waals surface area contributed by atoms with E-state index < -0.39 is 15.6 Å². The predicted octanol–water partition coefficient (Wildman–Crippen LogP) is 2.06. The van der Waals surface area contributed by atoms with E-state index in [1.807, 2.05) is 13.8 Å². The molecule has 1 saturated heterocycles. The normalized spacial score (nSPS) is 22.1. The largest absolute Gasteiger partial charge is 0.357 e. The Hall–Kier alpha value is -0.860. The second-order valence-corrected chi connectivity index (χ2v) is 10.9. The van der Waals surface area contributed by atoms with Gasteiger partial charge in [0.2, 0.25) is 10.0 Å². The van der Waals surface area contributed by atoms with Crippen molar-refractivity contribution in [2.45, 2.75) is 83.2 Å². The van der Waals surface area contributed by atoms with Gasteiger partial charge in [0, 0.05) is 24.2 Å². The van der Waals surface area contributed by atoms with Crippen molar-refractivity contribution in [1.82, 2.24) is 20.3 Å². The molecular formula is C20H41N5O2S. The van der Waals surface area contributed by atoms with Crippen LogP contribution < -0.4 is 15.4 Å². The Kier molecular flexibility index (Phi) is 8.58. The predicted molar refractivity (Wildman–Crippen MR) is 117 cm³/mol. The van der Waals surface area contributed by atoms with Crippen LogP contribution in [0, 0.1) is 0 Å². The van der Waals surface area contributed by atoms with Crippen molar-refractivity contribution in [3.05, 3.63) is 0 Å². The molecule has 1 heterocycles. The van der Waals surface area contributed by atoms with Gasteiger partial charge in [0.25, 0.3) is 0 Å². The molecule has 0 aromatic carbocycles. The summed E-state index contributed by atoms with van der Waals surface area (Å²) < 4.78 is 25.8. The lowest BCUT2D eigenvalue weighted by atomic mass is 9.79. The molecule has 3 N–H and O–H groups in total. The van der Waals surface area contributed by atoms with Crippen LogP contribution in [0.4, 0.5) is 0 Å². The Morgan fingerprint density at radius 3 is 2.21 bits per heavy atom. The maximum Gasteiger partial charge on any atom is 0.209 e. The number of aliphatic imine (C=N–C) groups is 1. The van der Waals surface area contributed by atoms with Crippen LogP contribution >= 0.6 is 0 Å². The third-order valence-corrected chi connectivity index (χ3v) is 6.76. The smallest absolute Gasteiger partial charge is 0.209 e. The van der Waals surface area contributed by atoms with Crippen molar-refractivity contribution in [2.75, 3.05) is 39.0 Å². The third-order valence-electron chi connectivity index (χ3n) is 5.83. The van der Waals surface area contributed by atoms with Gasteiger partial charge in [-0.25, -0.2) is 13.1 Å². The minimum Gasteiger partial charge on any atom is -0.357 e. The Bertz CT molecular complexity index is 606. The lowest BCUT2D eigenvalue weighted by Crippen LogP contribution is -2.59. The minimum absolute atomic E-state index is 0.232. The van der Waals surface area contributed by atoms with E-state index in [-0.39, 0.29) is 5.54 Å². The van der Waals surface area contributed by atoms with Crippen LogP contribution in [-0.2, 0) is 10.0 Å². The molecule has 7 nitrogen and oxygen atoms in total. The number of hydrogen-bond acceptors (Lipinski definition) is 4.